The lowest BCUT2D eigenvalue weighted by molar-refractivity contribution is -0.00278. The number of pyridine rings is 1. The molecule has 1 atom stereocenters. The first kappa shape index (κ1) is 20.9. The molecule has 9 heteroatoms. The zero-order valence-electron chi connectivity index (χ0n) is 18.2. The molecule has 2 aliphatic rings. The summed E-state index contributed by atoms with van der Waals surface area (Å²) in [5, 5.41) is 13.3. The van der Waals surface area contributed by atoms with Crippen LogP contribution in [-0.2, 0) is 0 Å². The summed E-state index contributed by atoms with van der Waals surface area (Å²) < 4.78 is 40.9. The van der Waals surface area contributed by atoms with Crippen molar-refractivity contribution in [2.75, 3.05) is 43.4 Å². The lowest BCUT2D eigenvalue weighted by Crippen LogP contribution is -2.71. The highest BCUT2D eigenvalue weighted by Crippen LogP contribution is 2.41. The highest BCUT2D eigenvalue weighted by atomic mass is 19.3. The number of fused-ring (bicyclic) bond motifs is 1. The van der Waals surface area contributed by atoms with Crippen LogP contribution >= 0.6 is 0 Å². The van der Waals surface area contributed by atoms with Gasteiger partial charge in [-0.1, -0.05) is 18.2 Å². The zero-order chi connectivity index (χ0) is 22.6. The van der Waals surface area contributed by atoms with E-state index in [9.17, 15) is 13.2 Å². The zero-order valence-corrected chi connectivity index (χ0v) is 18.2. The average molecular weight is 442 g/mol. The Morgan fingerprint density at radius 1 is 1.06 bits per heavy atom. The molecule has 2 fully saturated rings. The minimum atomic E-state index is -2.87. The van der Waals surface area contributed by atoms with E-state index in [4.69, 9.17) is 0 Å². The quantitative estimate of drug-likeness (QED) is 0.635. The molecular formula is C23H25F3N6. The maximum Gasteiger partial charge on any atom is 0.266 e. The molecule has 1 N–H and O–H groups in total. The first-order valence-corrected chi connectivity index (χ1v) is 10.7. The Balaban J connectivity index is 1.44. The molecule has 2 saturated heterocycles. The van der Waals surface area contributed by atoms with Gasteiger partial charge in [0.2, 0.25) is 0 Å². The minimum Gasteiger partial charge on any atom is -0.361 e. The van der Waals surface area contributed by atoms with Gasteiger partial charge in [0.25, 0.3) is 6.43 Å². The van der Waals surface area contributed by atoms with Gasteiger partial charge in [0.05, 0.1) is 17.3 Å². The molecule has 2 aliphatic heterocycles. The highest BCUT2D eigenvalue weighted by molar-refractivity contribution is 5.94. The van der Waals surface area contributed by atoms with Gasteiger partial charge in [-0.05, 0) is 27.0 Å². The van der Waals surface area contributed by atoms with E-state index in [2.05, 4.69) is 37.3 Å². The van der Waals surface area contributed by atoms with Crippen molar-refractivity contribution in [3.8, 4) is 0 Å². The molecule has 4 heterocycles. The summed E-state index contributed by atoms with van der Waals surface area (Å²) in [4.78, 5) is 9.20. The van der Waals surface area contributed by atoms with Crippen molar-refractivity contribution in [2.45, 2.75) is 26.3 Å². The SMILES string of the molecule is Cc1nnc(N[C@H](C)c2cccc(C(F)F)c2F)c2cc(N3CC4(CN(C)C4)C3)ncc12. The van der Waals surface area contributed by atoms with E-state index in [0.29, 0.717) is 11.2 Å². The van der Waals surface area contributed by atoms with Crippen LogP contribution in [0.4, 0.5) is 24.8 Å². The van der Waals surface area contributed by atoms with E-state index in [1.807, 2.05) is 13.0 Å². The normalized spacial score (nSPS) is 18.7. The lowest BCUT2D eigenvalue weighted by atomic mass is 9.73. The van der Waals surface area contributed by atoms with E-state index >= 15 is 0 Å². The minimum absolute atomic E-state index is 0.159. The number of nitrogens with one attached hydrogen (secondary N) is 1. The molecule has 0 radical (unpaired) electrons. The van der Waals surface area contributed by atoms with Crippen molar-refractivity contribution in [1.29, 1.82) is 0 Å². The Morgan fingerprint density at radius 2 is 1.78 bits per heavy atom. The molecular weight excluding hydrogens is 417 g/mol. The van der Waals surface area contributed by atoms with Crippen LogP contribution in [0.3, 0.4) is 0 Å². The molecule has 0 amide bonds. The first-order chi connectivity index (χ1) is 15.3. The van der Waals surface area contributed by atoms with Crippen LogP contribution in [0.2, 0.25) is 0 Å². The fourth-order valence-electron chi connectivity index (χ4n) is 5.02. The number of anilines is 2. The van der Waals surface area contributed by atoms with Gasteiger partial charge in [-0.2, -0.15) is 5.10 Å². The van der Waals surface area contributed by atoms with Gasteiger partial charge in [-0.15, -0.1) is 5.10 Å². The van der Waals surface area contributed by atoms with Gasteiger partial charge in [-0.25, -0.2) is 18.2 Å². The molecule has 0 unspecified atom stereocenters. The number of hydrogen-bond acceptors (Lipinski definition) is 6. The number of likely N-dealkylation sites (tertiary alicyclic amines) is 1. The third-order valence-electron chi connectivity index (χ3n) is 6.53. The van der Waals surface area contributed by atoms with Gasteiger partial charge >= 0.3 is 0 Å². The van der Waals surface area contributed by atoms with E-state index in [1.54, 1.807) is 13.1 Å². The summed E-state index contributed by atoms with van der Waals surface area (Å²) in [6, 6.07) is 5.45. The van der Waals surface area contributed by atoms with Crippen molar-refractivity contribution in [2.24, 2.45) is 5.41 Å². The van der Waals surface area contributed by atoms with Gasteiger partial charge in [0.15, 0.2) is 5.82 Å². The van der Waals surface area contributed by atoms with E-state index in [-0.39, 0.29) is 5.56 Å². The summed E-state index contributed by atoms with van der Waals surface area (Å²) in [5.74, 6) is 0.444. The lowest BCUT2D eigenvalue weighted by Gasteiger charge is -2.59. The number of hydrogen-bond donors (Lipinski definition) is 1. The Kier molecular flexibility index (Phi) is 4.96. The number of nitrogens with zero attached hydrogens (tertiary/aromatic N) is 5. The van der Waals surface area contributed by atoms with E-state index in [1.165, 1.54) is 12.1 Å². The largest absolute Gasteiger partial charge is 0.361 e. The van der Waals surface area contributed by atoms with Crippen molar-refractivity contribution in [1.82, 2.24) is 20.1 Å². The van der Waals surface area contributed by atoms with Crippen LogP contribution in [-0.4, -0.2) is 53.3 Å². The summed E-state index contributed by atoms with van der Waals surface area (Å²) in [6.45, 7) is 7.73. The van der Waals surface area contributed by atoms with Crippen molar-refractivity contribution < 1.29 is 13.2 Å². The summed E-state index contributed by atoms with van der Waals surface area (Å²) in [6.07, 6.45) is -1.08. The van der Waals surface area contributed by atoms with Crippen molar-refractivity contribution in [3.05, 3.63) is 53.1 Å². The van der Waals surface area contributed by atoms with Crippen LogP contribution in [0.15, 0.2) is 30.5 Å². The van der Waals surface area contributed by atoms with Crippen molar-refractivity contribution in [3.63, 3.8) is 0 Å². The fraction of sp³-hybridized carbons (Fsp3) is 0.435. The summed E-state index contributed by atoms with van der Waals surface area (Å²) in [5.41, 5.74) is 0.673. The molecule has 0 saturated carbocycles. The monoisotopic (exact) mass is 442 g/mol. The molecule has 2 aromatic heterocycles. The van der Waals surface area contributed by atoms with Crippen LogP contribution < -0.4 is 10.2 Å². The topological polar surface area (TPSA) is 57.2 Å². The number of aryl methyl sites for hydroxylation is 1. The molecule has 1 spiro atoms. The van der Waals surface area contributed by atoms with Gasteiger partial charge in [-0.3, -0.25) is 0 Å². The molecule has 6 nitrogen and oxygen atoms in total. The smallest absolute Gasteiger partial charge is 0.266 e. The molecule has 0 bridgehead atoms. The van der Waals surface area contributed by atoms with E-state index in [0.717, 1.165) is 54.5 Å². The second-order valence-electron chi connectivity index (χ2n) is 9.17. The van der Waals surface area contributed by atoms with Gasteiger partial charge in [0.1, 0.15) is 11.6 Å². The second-order valence-corrected chi connectivity index (χ2v) is 9.17. The van der Waals surface area contributed by atoms with Crippen LogP contribution in [0.1, 0.15) is 36.2 Å². The number of alkyl halides is 2. The predicted molar refractivity (Wildman–Crippen MR) is 118 cm³/mol. The Morgan fingerprint density at radius 3 is 2.47 bits per heavy atom. The van der Waals surface area contributed by atoms with Gasteiger partial charge < -0.3 is 15.1 Å². The standard InChI is InChI=1S/C23H25F3N6/c1-13(15-5-4-6-16(20(15)24)21(25)26)28-22-17-7-19(27-8-18(17)14(2)29-30-22)32-11-23(12-32)9-31(3)10-23/h4-8,13,21H,9-12H2,1-3H3,(H,28,30)/t13-/m1/s1. The third kappa shape index (κ3) is 3.44. The van der Waals surface area contributed by atoms with Crippen molar-refractivity contribution >= 4 is 22.4 Å². The fourth-order valence-corrected chi connectivity index (χ4v) is 5.02. The summed E-state index contributed by atoms with van der Waals surface area (Å²) >= 11 is 0. The number of rotatable bonds is 5. The average Bonchev–Trinajstić information content (AvgIpc) is 2.71. The maximum absolute atomic E-state index is 14.6. The molecule has 5 rings (SSSR count). The van der Waals surface area contributed by atoms with E-state index < -0.39 is 23.8 Å². The molecule has 3 aromatic rings. The second kappa shape index (κ2) is 7.58. The first-order valence-electron chi connectivity index (χ1n) is 10.7. The Labute approximate surface area is 184 Å². The van der Waals surface area contributed by atoms with Gasteiger partial charge in [0, 0.05) is 54.1 Å². The summed E-state index contributed by atoms with van der Waals surface area (Å²) in [7, 11) is 2.13. The molecule has 32 heavy (non-hydrogen) atoms. The maximum atomic E-state index is 14.6. The number of aromatic nitrogens is 3. The van der Waals surface area contributed by atoms with Crippen LogP contribution in [0, 0.1) is 18.2 Å². The highest BCUT2D eigenvalue weighted by Gasteiger charge is 2.50. The number of benzene rings is 1. The van der Waals surface area contributed by atoms with Crippen LogP contribution in [0.25, 0.3) is 10.8 Å². The Bertz CT molecular complexity index is 1170. The molecule has 1 aromatic carbocycles. The third-order valence-corrected chi connectivity index (χ3v) is 6.53. The molecule has 0 aliphatic carbocycles. The van der Waals surface area contributed by atoms with Crippen LogP contribution in [0.5, 0.6) is 0 Å². The number of halogens is 3. The Hall–Kier alpha value is -2.94. The predicted octanol–water partition coefficient (Wildman–Crippen LogP) is 4.33. The molecule has 168 valence electrons.